The number of ether oxygens (including phenoxy) is 1. The van der Waals surface area contributed by atoms with E-state index in [2.05, 4.69) is 4.90 Å². The molecule has 0 radical (unpaired) electrons. The van der Waals surface area contributed by atoms with E-state index in [4.69, 9.17) is 4.74 Å². The van der Waals surface area contributed by atoms with Crippen LogP contribution in [0.3, 0.4) is 0 Å². The second-order valence-electron chi connectivity index (χ2n) is 5.65. The molecule has 1 saturated heterocycles. The van der Waals surface area contributed by atoms with E-state index < -0.39 is 0 Å². The lowest BCUT2D eigenvalue weighted by Crippen LogP contribution is -2.53. The van der Waals surface area contributed by atoms with E-state index in [0.717, 1.165) is 52.1 Å². The van der Waals surface area contributed by atoms with Gasteiger partial charge in [-0.05, 0) is 32.6 Å². The summed E-state index contributed by atoms with van der Waals surface area (Å²) in [5.41, 5.74) is -0.325. The quantitative estimate of drug-likeness (QED) is 0.748. The van der Waals surface area contributed by atoms with Gasteiger partial charge in [0.25, 0.3) is 0 Å². The molecule has 1 saturated carbocycles. The Balaban J connectivity index is 1.73. The first-order valence-electron chi connectivity index (χ1n) is 7.27. The Morgan fingerprint density at radius 1 is 1.35 bits per heavy atom. The van der Waals surface area contributed by atoms with Gasteiger partial charge in [-0.1, -0.05) is 12.8 Å². The van der Waals surface area contributed by atoms with Crippen molar-refractivity contribution in [3.8, 4) is 0 Å². The Kier molecular flexibility index (Phi) is 4.83. The SMILES string of the molecule is CCOCCCN1CCC2(O)CCCCC2C1. The fraction of sp³-hybridized carbons (Fsp3) is 1.00. The fourth-order valence-corrected chi connectivity index (χ4v) is 3.38. The van der Waals surface area contributed by atoms with E-state index in [1.54, 1.807) is 0 Å². The van der Waals surface area contributed by atoms with E-state index in [1.807, 2.05) is 6.92 Å². The highest BCUT2D eigenvalue weighted by atomic mass is 16.5. The van der Waals surface area contributed by atoms with Gasteiger partial charge in [-0.3, -0.25) is 0 Å². The zero-order valence-corrected chi connectivity index (χ0v) is 11.2. The van der Waals surface area contributed by atoms with Gasteiger partial charge in [0.15, 0.2) is 0 Å². The molecule has 2 fully saturated rings. The van der Waals surface area contributed by atoms with Crippen molar-refractivity contribution < 1.29 is 9.84 Å². The molecule has 17 heavy (non-hydrogen) atoms. The summed E-state index contributed by atoms with van der Waals surface area (Å²) >= 11 is 0. The van der Waals surface area contributed by atoms with Crippen LogP contribution in [-0.4, -0.2) is 48.5 Å². The van der Waals surface area contributed by atoms with Crippen LogP contribution in [0.4, 0.5) is 0 Å². The second kappa shape index (κ2) is 6.17. The summed E-state index contributed by atoms with van der Waals surface area (Å²) in [5, 5.41) is 10.6. The lowest BCUT2D eigenvalue weighted by molar-refractivity contribution is -0.0958. The van der Waals surface area contributed by atoms with Crippen LogP contribution in [0, 0.1) is 5.92 Å². The number of rotatable bonds is 5. The molecular weight excluding hydrogens is 214 g/mol. The molecule has 0 amide bonds. The molecular formula is C14H27NO2. The van der Waals surface area contributed by atoms with E-state index in [-0.39, 0.29) is 5.60 Å². The standard InChI is InChI=1S/C14H27NO2/c1-2-17-11-5-9-15-10-8-14(16)7-4-3-6-13(14)12-15/h13,16H,2-12H2,1H3. The van der Waals surface area contributed by atoms with Crippen molar-refractivity contribution in [3.63, 3.8) is 0 Å². The number of hydrogen-bond donors (Lipinski definition) is 1. The minimum absolute atomic E-state index is 0.325. The Morgan fingerprint density at radius 3 is 3.06 bits per heavy atom. The second-order valence-corrected chi connectivity index (χ2v) is 5.65. The minimum Gasteiger partial charge on any atom is -0.390 e. The largest absolute Gasteiger partial charge is 0.390 e. The number of likely N-dealkylation sites (tertiary alicyclic amines) is 1. The summed E-state index contributed by atoms with van der Waals surface area (Å²) < 4.78 is 5.37. The third-order valence-corrected chi connectivity index (χ3v) is 4.48. The predicted molar refractivity (Wildman–Crippen MR) is 69.1 cm³/mol. The molecule has 1 aliphatic heterocycles. The highest BCUT2D eigenvalue weighted by Gasteiger charge is 2.42. The molecule has 0 aromatic carbocycles. The molecule has 1 N–H and O–H groups in total. The van der Waals surface area contributed by atoms with Gasteiger partial charge in [-0.2, -0.15) is 0 Å². The van der Waals surface area contributed by atoms with Crippen molar-refractivity contribution in [2.24, 2.45) is 5.92 Å². The molecule has 3 nitrogen and oxygen atoms in total. The number of piperidine rings is 1. The van der Waals surface area contributed by atoms with Gasteiger partial charge in [0.05, 0.1) is 5.60 Å². The van der Waals surface area contributed by atoms with Gasteiger partial charge >= 0.3 is 0 Å². The van der Waals surface area contributed by atoms with Crippen molar-refractivity contribution >= 4 is 0 Å². The maximum atomic E-state index is 10.6. The van der Waals surface area contributed by atoms with Gasteiger partial charge in [-0.15, -0.1) is 0 Å². The summed E-state index contributed by atoms with van der Waals surface area (Å²) in [7, 11) is 0. The van der Waals surface area contributed by atoms with Crippen LogP contribution in [0.5, 0.6) is 0 Å². The molecule has 100 valence electrons. The van der Waals surface area contributed by atoms with Gasteiger partial charge in [0.1, 0.15) is 0 Å². The lowest BCUT2D eigenvalue weighted by atomic mass is 9.71. The third kappa shape index (κ3) is 3.43. The Bertz CT molecular complexity index is 234. The Hall–Kier alpha value is -0.120. The first-order valence-corrected chi connectivity index (χ1v) is 7.27. The normalized spacial score (nSPS) is 34.6. The van der Waals surface area contributed by atoms with E-state index in [9.17, 15) is 5.11 Å². The Morgan fingerprint density at radius 2 is 2.24 bits per heavy atom. The minimum atomic E-state index is -0.325. The van der Waals surface area contributed by atoms with Gasteiger partial charge in [0.2, 0.25) is 0 Å². The van der Waals surface area contributed by atoms with Crippen molar-refractivity contribution in [2.75, 3.05) is 32.8 Å². The maximum absolute atomic E-state index is 10.6. The van der Waals surface area contributed by atoms with Crippen LogP contribution in [0.1, 0.15) is 45.4 Å². The molecule has 1 aliphatic carbocycles. The average Bonchev–Trinajstić information content (AvgIpc) is 2.34. The summed E-state index contributed by atoms with van der Waals surface area (Å²) in [5.74, 6) is 0.525. The first kappa shape index (κ1) is 13.3. The zero-order chi connectivity index (χ0) is 12.1. The molecule has 0 aromatic heterocycles. The molecule has 0 bridgehead atoms. The molecule has 0 aromatic rings. The molecule has 1 heterocycles. The summed E-state index contributed by atoms with van der Waals surface area (Å²) in [6.07, 6.45) is 6.88. The topological polar surface area (TPSA) is 32.7 Å². The van der Waals surface area contributed by atoms with Gasteiger partial charge in [0, 0.05) is 38.8 Å². The monoisotopic (exact) mass is 241 g/mol. The average molecular weight is 241 g/mol. The van der Waals surface area contributed by atoms with Crippen molar-refractivity contribution in [2.45, 2.75) is 51.0 Å². The van der Waals surface area contributed by atoms with E-state index in [1.165, 1.54) is 19.3 Å². The molecule has 0 spiro atoms. The highest BCUT2D eigenvalue weighted by molar-refractivity contribution is 4.95. The van der Waals surface area contributed by atoms with E-state index >= 15 is 0 Å². The van der Waals surface area contributed by atoms with Crippen LogP contribution in [0.25, 0.3) is 0 Å². The molecule has 2 atom stereocenters. The van der Waals surface area contributed by atoms with Crippen molar-refractivity contribution in [1.82, 2.24) is 4.90 Å². The molecule has 2 aliphatic rings. The third-order valence-electron chi connectivity index (χ3n) is 4.48. The van der Waals surface area contributed by atoms with Crippen molar-refractivity contribution in [3.05, 3.63) is 0 Å². The van der Waals surface area contributed by atoms with Crippen LogP contribution in [0.2, 0.25) is 0 Å². The summed E-state index contributed by atoms with van der Waals surface area (Å²) in [4.78, 5) is 2.52. The predicted octanol–water partition coefficient (Wildman–Crippen LogP) is 2.04. The van der Waals surface area contributed by atoms with Crippen LogP contribution in [0.15, 0.2) is 0 Å². The van der Waals surface area contributed by atoms with Crippen LogP contribution in [-0.2, 0) is 4.74 Å². The summed E-state index contributed by atoms with van der Waals surface area (Å²) in [6, 6.07) is 0. The van der Waals surface area contributed by atoms with Gasteiger partial charge in [-0.25, -0.2) is 0 Å². The van der Waals surface area contributed by atoms with Crippen LogP contribution < -0.4 is 0 Å². The molecule has 2 unspecified atom stereocenters. The number of fused-ring (bicyclic) bond motifs is 1. The smallest absolute Gasteiger partial charge is 0.0700 e. The van der Waals surface area contributed by atoms with E-state index in [0.29, 0.717) is 5.92 Å². The molecule has 3 heteroatoms. The fourth-order valence-electron chi connectivity index (χ4n) is 3.38. The van der Waals surface area contributed by atoms with Crippen LogP contribution >= 0.6 is 0 Å². The Labute approximate surface area is 105 Å². The zero-order valence-electron chi connectivity index (χ0n) is 11.2. The molecule has 2 rings (SSSR count). The number of nitrogens with zero attached hydrogens (tertiary/aromatic N) is 1. The number of hydrogen-bond acceptors (Lipinski definition) is 3. The highest BCUT2D eigenvalue weighted by Crippen LogP contribution is 2.39. The first-order chi connectivity index (χ1) is 8.24. The van der Waals surface area contributed by atoms with Crippen molar-refractivity contribution in [1.29, 1.82) is 0 Å². The van der Waals surface area contributed by atoms with Gasteiger partial charge < -0.3 is 14.7 Å². The summed E-state index contributed by atoms with van der Waals surface area (Å²) in [6.45, 7) is 7.04. The lowest BCUT2D eigenvalue weighted by Gasteiger charge is -2.47. The number of aliphatic hydroxyl groups is 1. The maximum Gasteiger partial charge on any atom is 0.0700 e.